The zero-order valence-corrected chi connectivity index (χ0v) is 17.3. The van der Waals surface area contributed by atoms with E-state index in [1.54, 1.807) is 25.3 Å². The van der Waals surface area contributed by atoms with E-state index in [2.05, 4.69) is 20.2 Å². The van der Waals surface area contributed by atoms with Gasteiger partial charge < -0.3 is 29.5 Å². The average Bonchev–Trinajstić information content (AvgIpc) is 2.79. The van der Waals surface area contributed by atoms with E-state index < -0.39 is 5.82 Å². The molecule has 1 saturated heterocycles. The number of phenolic OH excluding ortho intramolecular Hbond substituents is 1. The summed E-state index contributed by atoms with van der Waals surface area (Å²) in [5.41, 5.74) is 1.12. The van der Waals surface area contributed by atoms with Crippen LogP contribution in [0.25, 0.3) is 10.9 Å². The monoisotopic (exact) mass is 426 g/mol. The largest absolute Gasteiger partial charge is 0.508 e. The molecule has 1 aliphatic rings. The number of hydrogen-bond acceptors (Lipinski definition) is 8. The van der Waals surface area contributed by atoms with E-state index in [1.165, 1.54) is 25.6 Å². The average molecular weight is 426 g/mol. The highest BCUT2D eigenvalue weighted by Crippen LogP contribution is 2.36. The molecule has 0 bridgehead atoms. The lowest BCUT2D eigenvalue weighted by atomic mass is 10.1. The van der Waals surface area contributed by atoms with Gasteiger partial charge in [-0.1, -0.05) is 0 Å². The summed E-state index contributed by atoms with van der Waals surface area (Å²) in [5.74, 6) is 0.838. The molecule has 1 aliphatic heterocycles. The molecular formula is C22H23FN4O4. The van der Waals surface area contributed by atoms with Crippen LogP contribution in [0, 0.1) is 12.7 Å². The molecule has 1 fully saturated rings. The topological polar surface area (TPSA) is 89.0 Å². The summed E-state index contributed by atoms with van der Waals surface area (Å²) < 4.78 is 30.9. The summed E-state index contributed by atoms with van der Waals surface area (Å²) >= 11 is 0. The minimum Gasteiger partial charge on any atom is -0.508 e. The van der Waals surface area contributed by atoms with E-state index in [9.17, 15) is 9.50 Å². The highest BCUT2D eigenvalue weighted by molar-refractivity contribution is 5.93. The van der Waals surface area contributed by atoms with Crippen LogP contribution >= 0.6 is 0 Å². The highest BCUT2D eigenvalue weighted by Gasteiger charge is 2.15. The molecule has 2 heterocycles. The molecule has 0 unspecified atom stereocenters. The first kappa shape index (κ1) is 20.7. The Labute approximate surface area is 178 Å². The van der Waals surface area contributed by atoms with Crippen LogP contribution < -0.4 is 14.8 Å². The van der Waals surface area contributed by atoms with Crippen molar-refractivity contribution in [2.75, 3.05) is 38.7 Å². The molecule has 2 aromatic carbocycles. The summed E-state index contributed by atoms with van der Waals surface area (Å²) in [6.45, 7) is 4.62. The number of morpholine rings is 1. The van der Waals surface area contributed by atoms with E-state index in [-0.39, 0.29) is 11.4 Å². The summed E-state index contributed by atoms with van der Waals surface area (Å²) in [5, 5.41) is 13.5. The molecule has 4 rings (SSSR count). The molecule has 0 radical (unpaired) electrons. The minimum atomic E-state index is -0.498. The Morgan fingerprint density at radius 2 is 2.00 bits per heavy atom. The predicted molar refractivity (Wildman–Crippen MR) is 114 cm³/mol. The van der Waals surface area contributed by atoms with Gasteiger partial charge in [-0.05, 0) is 25.1 Å². The molecule has 0 aliphatic carbocycles. The van der Waals surface area contributed by atoms with E-state index in [0.29, 0.717) is 47.0 Å². The van der Waals surface area contributed by atoms with Gasteiger partial charge in [0.1, 0.15) is 30.0 Å². The Balaban J connectivity index is 1.64. The van der Waals surface area contributed by atoms with Gasteiger partial charge in [0.2, 0.25) is 0 Å². The van der Waals surface area contributed by atoms with Crippen molar-refractivity contribution < 1.29 is 23.7 Å². The van der Waals surface area contributed by atoms with Crippen molar-refractivity contribution in [3.63, 3.8) is 0 Å². The van der Waals surface area contributed by atoms with Gasteiger partial charge in [0, 0.05) is 36.3 Å². The molecule has 9 heteroatoms. The van der Waals surface area contributed by atoms with Gasteiger partial charge in [-0.2, -0.15) is 0 Å². The number of aromatic nitrogens is 2. The van der Waals surface area contributed by atoms with Crippen molar-refractivity contribution in [1.82, 2.24) is 14.9 Å². The summed E-state index contributed by atoms with van der Waals surface area (Å²) in [4.78, 5) is 10.6. The summed E-state index contributed by atoms with van der Waals surface area (Å²) in [6, 6.07) is 5.97. The zero-order chi connectivity index (χ0) is 21.8. The third-order valence-electron chi connectivity index (χ3n) is 5.06. The van der Waals surface area contributed by atoms with Gasteiger partial charge in [0.05, 0.1) is 31.5 Å². The van der Waals surface area contributed by atoms with E-state index in [1.807, 2.05) is 6.20 Å². The first-order valence-corrected chi connectivity index (χ1v) is 9.80. The number of aromatic hydroxyl groups is 1. The molecule has 2 N–H and O–H groups in total. The SMILES string of the molecule is COc1cc2c(Nc3c(F)ccc(O)c3C)ncnc2cc1OC=CN1CCOCC1. The third-order valence-corrected chi connectivity index (χ3v) is 5.06. The Morgan fingerprint density at radius 1 is 1.19 bits per heavy atom. The molecular weight excluding hydrogens is 403 g/mol. The number of methoxy groups -OCH3 is 1. The third kappa shape index (κ3) is 4.46. The van der Waals surface area contributed by atoms with Gasteiger partial charge in [-0.3, -0.25) is 0 Å². The molecule has 0 spiro atoms. The maximum Gasteiger partial charge on any atom is 0.170 e. The molecule has 0 atom stereocenters. The quantitative estimate of drug-likeness (QED) is 0.577. The second kappa shape index (κ2) is 9.05. The number of halogens is 1. The predicted octanol–water partition coefficient (Wildman–Crippen LogP) is 3.72. The fraction of sp³-hybridized carbons (Fsp3) is 0.273. The number of rotatable bonds is 6. The molecule has 3 aromatic rings. The second-order valence-corrected chi connectivity index (χ2v) is 6.99. The molecule has 8 nitrogen and oxygen atoms in total. The zero-order valence-electron chi connectivity index (χ0n) is 17.3. The maximum atomic E-state index is 14.3. The van der Waals surface area contributed by atoms with Crippen molar-refractivity contribution in [3.8, 4) is 17.2 Å². The van der Waals surface area contributed by atoms with Crippen LogP contribution in [0.15, 0.2) is 43.1 Å². The first-order chi connectivity index (χ1) is 15.1. The number of hydrogen-bond donors (Lipinski definition) is 2. The highest BCUT2D eigenvalue weighted by atomic mass is 19.1. The van der Waals surface area contributed by atoms with Crippen molar-refractivity contribution in [2.45, 2.75) is 6.92 Å². The van der Waals surface area contributed by atoms with E-state index >= 15 is 0 Å². The van der Waals surface area contributed by atoms with Crippen LogP contribution in [0.1, 0.15) is 5.56 Å². The number of fused-ring (bicyclic) bond motifs is 1. The lowest BCUT2D eigenvalue weighted by Gasteiger charge is -2.24. The smallest absolute Gasteiger partial charge is 0.170 e. The van der Waals surface area contributed by atoms with Crippen molar-refractivity contribution >= 4 is 22.4 Å². The van der Waals surface area contributed by atoms with Gasteiger partial charge in [-0.15, -0.1) is 0 Å². The van der Waals surface area contributed by atoms with Gasteiger partial charge in [0.15, 0.2) is 11.5 Å². The first-order valence-electron chi connectivity index (χ1n) is 9.80. The Bertz CT molecular complexity index is 1120. The molecule has 162 valence electrons. The lowest BCUT2D eigenvalue weighted by Crippen LogP contribution is -2.32. The molecule has 31 heavy (non-hydrogen) atoms. The standard InChI is InChI=1S/C22H23FN4O4/c1-14-18(28)4-3-16(23)21(14)26-22-15-11-19(29-2)20(12-17(15)24-13-25-22)31-10-7-27-5-8-30-9-6-27/h3-4,7,10-13,28H,5-6,8-9H2,1-2H3,(H,24,25,26). The van der Waals surface area contributed by atoms with Crippen LogP contribution in [0.5, 0.6) is 17.2 Å². The number of ether oxygens (including phenoxy) is 3. The summed E-state index contributed by atoms with van der Waals surface area (Å²) in [7, 11) is 1.54. The van der Waals surface area contributed by atoms with Gasteiger partial charge in [0.25, 0.3) is 0 Å². The van der Waals surface area contributed by atoms with Crippen LogP contribution in [0.4, 0.5) is 15.9 Å². The molecule has 0 amide bonds. The lowest BCUT2D eigenvalue weighted by molar-refractivity contribution is 0.0586. The van der Waals surface area contributed by atoms with Crippen LogP contribution in [-0.2, 0) is 4.74 Å². The summed E-state index contributed by atoms with van der Waals surface area (Å²) in [6.07, 6.45) is 4.84. The fourth-order valence-corrected chi connectivity index (χ4v) is 3.27. The van der Waals surface area contributed by atoms with Crippen LogP contribution in [0.2, 0.25) is 0 Å². The minimum absolute atomic E-state index is 0.0115. The van der Waals surface area contributed by atoms with E-state index in [0.717, 1.165) is 13.1 Å². The maximum absolute atomic E-state index is 14.3. The van der Waals surface area contributed by atoms with Crippen molar-refractivity contribution in [1.29, 1.82) is 0 Å². The van der Waals surface area contributed by atoms with Crippen LogP contribution in [0.3, 0.4) is 0 Å². The van der Waals surface area contributed by atoms with Crippen molar-refractivity contribution in [2.24, 2.45) is 0 Å². The molecule has 1 aromatic heterocycles. The van der Waals surface area contributed by atoms with Crippen molar-refractivity contribution in [3.05, 3.63) is 54.4 Å². The second-order valence-electron chi connectivity index (χ2n) is 6.99. The number of benzene rings is 2. The normalized spacial score (nSPS) is 14.2. The van der Waals surface area contributed by atoms with Gasteiger partial charge in [-0.25, -0.2) is 14.4 Å². The number of phenols is 1. The number of nitrogens with one attached hydrogen (secondary N) is 1. The fourth-order valence-electron chi connectivity index (χ4n) is 3.27. The molecule has 0 saturated carbocycles. The van der Waals surface area contributed by atoms with E-state index in [4.69, 9.17) is 14.2 Å². The Morgan fingerprint density at radius 3 is 2.77 bits per heavy atom. The Hall–Kier alpha value is -3.59. The van der Waals surface area contributed by atoms with Crippen LogP contribution in [-0.4, -0.2) is 53.4 Å². The van der Waals surface area contributed by atoms with Gasteiger partial charge >= 0.3 is 0 Å². The Kier molecular flexibility index (Phi) is 6.03. The number of nitrogens with zero attached hydrogens (tertiary/aromatic N) is 3. The number of anilines is 2.